The zero-order valence-corrected chi connectivity index (χ0v) is 10.1. The molecule has 0 fully saturated rings. The molecule has 1 atom stereocenters. The molecule has 1 aromatic carbocycles. The highest BCUT2D eigenvalue weighted by Crippen LogP contribution is 2.12. The zero-order chi connectivity index (χ0) is 13.5. The molecule has 1 amide bonds. The van der Waals surface area contributed by atoms with E-state index in [0.29, 0.717) is 17.9 Å². The summed E-state index contributed by atoms with van der Waals surface area (Å²) in [6, 6.07) is 5.51. The van der Waals surface area contributed by atoms with Gasteiger partial charge < -0.3 is 15.2 Å². The van der Waals surface area contributed by atoms with E-state index in [1.54, 1.807) is 30.3 Å². The summed E-state index contributed by atoms with van der Waals surface area (Å²) in [4.78, 5) is 22.2. The van der Waals surface area contributed by atoms with Gasteiger partial charge in [-0.3, -0.25) is 9.59 Å². The molecular weight excluding hydrogens is 234 g/mol. The Morgan fingerprint density at radius 1 is 1.44 bits per heavy atom. The van der Waals surface area contributed by atoms with Crippen molar-refractivity contribution in [2.24, 2.45) is 0 Å². The number of rotatable bonds is 6. The average molecular weight is 249 g/mol. The molecule has 0 aliphatic rings. The van der Waals surface area contributed by atoms with Gasteiger partial charge in [0, 0.05) is 5.56 Å². The summed E-state index contributed by atoms with van der Waals surface area (Å²) in [7, 11) is 0. The normalized spacial score (nSPS) is 11.4. The van der Waals surface area contributed by atoms with Crippen LogP contribution in [0.4, 0.5) is 0 Å². The molecule has 0 aliphatic carbocycles. The van der Waals surface area contributed by atoms with Gasteiger partial charge in [-0.05, 0) is 31.2 Å². The summed E-state index contributed by atoms with van der Waals surface area (Å²) in [6.07, 6.45) is 1.62. The smallest absolute Gasteiger partial charge is 0.325 e. The Morgan fingerprint density at radius 3 is 2.56 bits per heavy atom. The molecule has 0 radical (unpaired) electrons. The first kappa shape index (κ1) is 13.8. The molecule has 5 nitrogen and oxygen atoms in total. The van der Waals surface area contributed by atoms with Crippen LogP contribution in [0.25, 0.3) is 0 Å². The molecule has 5 heteroatoms. The molecule has 0 spiro atoms. The Hall–Kier alpha value is -2.30. The second-order valence-corrected chi connectivity index (χ2v) is 3.66. The maximum absolute atomic E-state index is 11.7. The largest absolute Gasteiger partial charge is 0.490 e. The van der Waals surface area contributed by atoms with Gasteiger partial charge in [0.2, 0.25) is 0 Å². The standard InChI is InChI=1S/C13H15NO4/c1-3-8-18-11-6-4-10(5-7-11)12(15)14-9(2)13(16)17/h3-7,9H,1,8H2,2H3,(H,14,15)(H,16,17)/t9-/m1/s1. The number of hydrogen-bond acceptors (Lipinski definition) is 3. The molecule has 2 N–H and O–H groups in total. The summed E-state index contributed by atoms with van der Waals surface area (Å²) < 4.78 is 5.27. The zero-order valence-electron chi connectivity index (χ0n) is 10.1. The van der Waals surface area contributed by atoms with E-state index in [0.717, 1.165) is 0 Å². The quantitative estimate of drug-likeness (QED) is 0.748. The minimum absolute atomic E-state index is 0.383. The van der Waals surface area contributed by atoms with Gasteiger partial charge in [0.05, 0.1) is 0 Å². The first-order valence-corrected chi connectivity index (χ1v) is 5.42. The van der Waals surface area contributed by atoms with Crippen molar-refractivity contribution in [2.75, 3.05) is 6.61 Å². The highest BCUT2D eigenvalue weighted by atomic mass is 16.5. The number of ether oxygens (including phenoxy) is 1. The number of aliphatic carboxylic acids is 1. The van der Waals surface area contributed by atoms with Crippen LogP contribution >= 0.6 is 0 Å². The predicted octanol–water partition coefficient (Wildman–Crippen LogP) is 1.45. The molecule has 0 saturated heterocycles. The minimum atomic E-state index is -1.07. The first-order chi connectivity index (χ1) is 8.54. The lowest BCUT2D eigenvalue weighted by molar-refractivity contribution is -0.138. The number of carboxylic acid groups (broad SMARTS) is 1. The monoisotopic (exact) mass is 249 g/mol. The number of amides is 1. The van der Waals surface area contributed by atoms with E-state index in [1.165, 1.54) is 6.92 Å². The summed E-state index contributed by atoms with van der Waals surface area (Å²) in [5, 5.41) is 11.0. The van der Waals surface area contributed by atoms with Gasteiger partial charge in [0.25, 0.3) is 5.91 Å². The molecule has 0 aliphatic heterocycles. The predicted molar refractivity (Wildman–Crippen MR) is 66.7 cm³/mol. The van der Waals surface area contributed by atoms with Crippen LogP contribution in [0.15, 0.2) is 36.9 Å². The topological polar surface area (TPSA) is 75.6 Å². The van der Waals surface area contributed by atoms with E-state index >= 15 is 0 Å². The summed E-state index contributed by atoms with van der Waals surface area (Å²) in [6.45, 7) is 5.32. The maximum Gasteiger partial charge on any atom is 0.325 e. The van der Waals surface area contributed by atoms with E-state index < -0.39 is 17.9 Å². The van der Waals surface area contributed by atoms with Crippen molar-refractivity contribution >= 4 is 11.9 Å². The molecule has 18 heavy (non-hydrogen) atoms. The Bertz CT molecular complexity index is 439. The summed E-state index contributed by atoms with van der Waals surface area (Å²) in [5.41, 5.74) is 0.383. The molecule has 1 aromatic rings. The fourth-order valence-corrected chi connectivity index (χ4v) is 1.20. The molecule has 0 bridgehead atoms. The van der Waals surface area contributed by atoms with E-state index in [2.05, 4.69) is 11.9 Å². The van der Waals surface area contributed by atoms with Crippen molar-refractivity contribution in [3.63, 3.8) is 0 Å². The number of hydrogen-bond donors (Lipinski definition) is 2. The van der Waals surface area contributed by atoms with Crippen molar-refractivity contribution in [1.82, 2.24) is 5.32 Å². The van der Waals surface area contributed by atoms with E-state index in [9.17, 15) is 9.59 Å². The average Bonchev–Trinajstić information content (AvgIpc) is 2.36. The van der Waals surface area contributed by atoms with Crippen LogP contribution in [0.2, 0.25) is 0 Å². The third-order valence-electron chi connectivity index (χ3n) is 2.20. The van der Waals surface area contributed by atoms with Crippen LogP contribution in [-0.4, -0.2) is 29.6 Å². The van der Waals surface area contributed by atoms with Gasteiger partial charge in [0.1, 0.15) is 18.4 Å². The minimum Gasteiger partial charge on any atom is -0.490 e. The lowest BCUT2D eigenvalue weighted by Crippen LogP contribution is -2.38. The van der Waals surface area contributed by atoms with Crippen LogP contribution in [0.5, 0.6) is 5.75 Å². The highest BCUT2D eigenvalue weighted by molar-refractivity contribution is 5.96. The maximum atomic E-state index is 11.7. The molecule has 0 saturated carbocycles. The molecular formula is C13H15NO4. The van der Waals surface area contributed by atoms with Crippen LogP contribution in [0.3, 0.4) is 0 Å². The van der Waals surface area contributed by atoms with E-state index in [1.807, 2.05) is 0 Å². The lowest BCUT2D eigenvalue weighted by Gasteiger charge is -2.09. The summed E-state index contributed by atoms with van der Waals surface area (Å²) >= 11 is 0. The SMILES string of the molecule is C=CCOc1ccc(C(=O)N[C@H](C)C(=O)O)cc1. The second kappa shape index (κ2) is 6.44. The van der Waals surface area contributed by atoms with Crippen molar-refractivity contribution in [3.8, 4) is 5.75 Å². The Kier molecular flexibility index (Phi) is 4.92. The summed E-state index contributed by atoms with van der Waals surface area (Å²) in [5.74, 6) is -0.882. The van der Waals surface area contributed by atoms with Gasteiger partial charge in [-0.1, -0.05) is 12.7 Å². The molecule has 0 aromatic heterocycles. The molecule has 1 rings (SSSR count). The van der Waals surface area contributed by atoms with Crippen molar-refractivity contribution in [1.29, 1.82) is 0 Å². The van der Waals surface area contributed by atoms with Crippen molar-refractivity contribution in [2.45, 2.75) is 13.0 Å². The molecule has 0 unspecified atom stereocenters. The van der Waals surface area contributed by atoms with Crippen molar-refractivity contribution in [3.05, 3.63) is 42.5 Å². The van der Waals surface area contributed by atoms with Gasteiger partial charge in [-0.25, -0.2) is 0 Å². The second-order valence-electron chi connectivity index (χ2n) is 3.66. The van der Waals surface area contributed by atoms with E-state index in [4.69, 9.17) is 9.84 Å². The Morgan fingerprint density at radius 2 is 2.06 bits per heavy atom. The number of carbonyl (C=O) groups is 2. The van der Waals surface area contributed by atoms with Crippen molar-refractivity contribution < 1.29 is 19.4 Å². The van der Waals surface area contributed by atoms with Crippen LogP contribution in [0, 0.1) is 0 Å². The van der Waals surface area contributed by atoms with Crippen LogP contribution in [-0.2, 0) is 4.79 Å². The van der Waals surface area contributed by atoms with Gasteiger partial charge in [0.15, 0.2) is 0 Å². The highest BCUT2D eigenvalue weighted by Gasteiger charge is 2.14. The van der Waals surface area contributed by atoms with Gasteiger partial charge >= 0.3 is 5.97 Å². The third-order valence-corrected chi connectivity index (χ3v) is 2.20. The number of carbonyl (C=O) groups excluding carboxylic acids is 1. The Balaban J connectivity index is 2.64. The Labute approximate surface area is 105 Å². The van der Waals surface area contributed by atoms with Gasteiger partial charge in [-0.2, -0.15) is 0 Å². The lowest BCUT2D eigenvalue weighted by atomic mass is 10.2. The van der Waals surface area contributed by atoms with E-state index in [-0.39, 0.29) is 0 Å². The van der Waals surface area contributed by atoms with Crippen LogP contribution in [0.1, 0.15) is 17.3 Å². The number of benzene rings is 1. The van der Waals surface area contributed by atoms with Gasteiger partial charge in [-0.15, -0.1) is 0 Å². The fourth-order valence-electron chi connectivity index (χ4n) is 1.20. The number of nitrogens with one attached hydrogen (secondary N) is 1. The first-order valence-electron chi connectivity index (χ1n) is 5.42. The fraction of sp³-hybridized carbons (Fsp3) is 0.231. The molecule has 96 valence electrons. The third kappa shape index (κ3) is 3.93. The molecule has 0 heterocycles. The number of carboxylic acids is 1. The van der Waals surface area contributed by atoms with Crippen LogP contribution < -0.4 is 10.1 Å².